The number of aryl methyl sites for hydroxylation is 2. The molecule has 4 saturated heterocycles. The summed E-state index contributed by atoms with van der Waals surface area (Å²) in [7, 11) is 1.94. The van der Waals surface area contributed by atoms with Crippen molar-refractivity contribution in [1.82, 2.24) is 39.8 Å². The van der Waals surface area contributed by atoms with Crippen molar-refractivity contribution in [2.75, 3.05) is 57.3 Å². The van der Waals surface area contributed by atoms with Gasteiger partial charge in [-0.25, -0.2) is 8.78 Å². The molecule has 5 fully saturated rings. The lowest BCUT2D eigenvalue weighted by molar-refractivity contribution is -0.134. The van der Waals surface area contributed by atoms with Crippen molar-refractivity contribution in [3.05, 3.63) is 77.1 Å². The van der Waals surface area contributed by atoms with E-state index in [2.05, 4.69) is 50.1 Å². The van der Waals surface area contributed by atoms with Gasteiger partial charge in [0.1, 0.15) is 28.6 Å². The minimum absolute atomic E-state index is 0.00107. The number of benzene rings is 3. The van der Waals surface area contributed by atoms with Gasteiger partial charge in [0.05, 0.1) is 29.1 Å². The van der Waals surface area contributed by atoms with Gasteiger partial charge in [0.25, 0.3) is 0 Å². The van der Waals surface area contributed by atoms with Crippen LogP contribution in [0.2, 0.25) is 0 Å². The lowest BCUT2D eigenvalue weighted by Gasteiger charge is -2.42. The number of likely N-dealkylation sites (tertiary alicyclic amines) is 2. The molecular formula is C53H61F2N9O4. The number of hydrogen-bond acceptors (Lipinski definition) is 11. The number of fused-ring (bicyclic) bond motifs is 3. The van der Waals surface area contributed by atoms with Crippen molar-refractivity contribution in [3.63, 3.8) is 0 Å². The molecule has 7 heterocycles. The lowest BCUT2D eigenvalue weighted by Crippen LogP contribution is -2.48. The molecule has 1 saturated carbocycles. The fraction of sp³-hybridized carbons (Fsp3) is 0.509. The van der Waals surface area contributed by atoms with Crippen LogP contribution in [0.25, 0.3) is 43.8 Å². The number of nitrogens with zero attached hydrogens (tertiary/aromatic N) is 8. The Labute approximate surface area is 395 Å². The van der Waals surface area contributed by atoms with Crippen molar-refractivity contribution in [3.8, 4) is 23.0 Å². The van der Waals surface area contributed by atoms with E-state index in [0.717, 1.165) is 114 Å². The lowest BCUT2D eigenvalue weighted by atomic mass is 9.86. The number of anilines is 1. The van der Waals surface area contributed by atoms with Gasteiger partial charge in [-0.15, -0.1) is 0 Å². The minimum atomic E-state index is -0.652. The summed E-state index contributed by atoms with van der Waals surface area (Å²) in [5.74, 6) is -0.438. The van der Waals surface area contributed by atoms with Gasteiger partial charge in [-0.3, -0.25) is 24.6 Å². The number of nitrogens with one attached hydrogen (secondary N) is 1. The molecule has 2 amide bonds. The maximum Gasteiger partial charge on any atom is 0.319 e. The van der Waals surface area contributed by atoms with Gasteiger partial charge < -0.3 is 24.5 Å². The molecule has 2 N–H and O–H groups in total. The van der Waals surface area contributed by atoms with Crippen LogP contribution in [0.5, 0.6) is 11.8 Å². The third kappa shape index (κ3) is 8.43. The Morgan fingerprint density at radius 3 is 2.49 bits per heavy atom. The van der Waals surface area contributed by atoms with Crippen molar-refractivity contribution in [2.24, 2.45) is 18.4 Å². The number of piperidine rings is 4. The smallest absolute Gasteiger partial charge is 0.319 e. The molecule has 68 heavy (non-hydrogen) atoms. The molecule has 1 aliphatic carbocycles. The zero-order valence-electron chi connectivity index (χ0n) is 39.4. The highest BCUT2D eigenvalue weighted by Gasteiger charge is 2.46. The maximum atomic E-state index is 17.1. The van der Waals surface area contributed by atoms with E-state index in [4.69, 9.17) is 19.8 Å². The number of hydrogen-bond donors (Lipinski definition) is 2. The Morgan fingerprint density at radius 2 is 1.74 bits per heavy atom. The number of halogens is 2. The van der Waals surface area contributed by atoms with E-state index >= 15 is 8.78 Å². The van der Waals surface area contributed by atoms with Crippen molar-refractivity contribution >= 4 is 50.2 Å². The first-order valence-electron chi connectivity index (χ1n) is 24.9. The van der Waals surface area contributed by atoms with Crippen LogP contribution in [0.4, 0.5) is 14.6 Å². The highest BCUT2D eigenvalue weighted by atomic mass is 19.1. The summed E-state index contributed by atoms with van der Waals surface area (Å²) >= 11 is 0. The fourth-order valence-electron chi connectivity index (χ4n) is 12.0. The molecule has 0 spiro atoms. The van der Waals surface area contributed by atoms with Crippen LogP contribution in [0.1, 0.15) is 107 Å². The third-order valence-electron chi connectivity index (χ3n) is 15.9. The molecule has 0 radical (unpaired) electrons. The quantitative estimate of drug-likeness (QED) is 0.121. The molecule has 11 rings (SSSR count). The highest BCUT2D eigenvalue weighted by Crippen LogP contribution is 2.47. The molecule has 2 atom stereocenters. The Kier molecular flexibility index (Phi) is 11.8. The van der Waals surface area contributed by atoms with E-state index < -0.39 is 11.7 Å². The third-order valence-corrected chi connectivity index (χ3v) is 15.9. The zero-order valence-corrected chi connectivity index (χ0v) is 39.4. The van der Waals surface area contributed by atoms with Gasteiger partial charge in [0.2, 0.25) is 11.8 Å². The van der Waals surface area contributed by atoms with Crippen LogP contribution in [0.15, 0.2) is 48.7 Å². The second-order valence-electron chi connectivity index (χ2n) is 20.6. The summed E-state index contributed by atoms with van der Waals surface area (Å²) in [5.41, 5.74) is 3.96. The zero-order chi connectivity index (χ0) is 46.8. The first kappa shape index (κ1) is 44.7. The standard InChI is InChI=1S/C53H61F2N9O4/c1-4-37-42(54)11-8-34-24-36(65)26-40(45(34)37)48-46(55)49-41(27-56-48)50(64-19-5-6-31(2)28-64)59-52(58-49)68-30-53(17-18-53)29-62-20-15-35(16-21-62)63-22-13-32(14-23-63)33-7-9-38-43(25-33)61(3)60-47(38)39-10-12-44(66)57-51(39)67/h7-9,11,24-27,31-32,35,39,65H,4-6,10,12-23,28-30H2,1-3H3,(H,57,66,67)/t31-,39?/m0/s1. The van der Waals surface area contributed by atoms with Crippen LogP contribution in [0.3, 0.4) is 0 Å². The predicted octanol–water partition coefficient (Wildman–Crippen LogP) is 8.54. The van der Waals surface area contributed by atoms with Gasteiger partial charge in [-0.2, -0.15) is 15.1 Å². The topological polar surface area (TPSA) is 142 Å². The van der Waals surface area contributed by atoms with Crippen molar-refractivity contribution < 1.29 is 28.2 Å². The number of pyridine rings is 1. The average Bonchev–Trinajstić information content (AvgIpc) is 4.03. The number of imide groups is 1. The van der Waals surface area contributed by atoms with Crippen LogP contribution in [-0.2, 0) is 23.1 Å². The molecule has 3 aromatic heterocycles. The number of amides is 2. The normalized spacial score (nSPS) is 22.1. The molecular weight excluding hydrogens is 865 g/mol. The summed E-state index contributed by atoms with van der Waals surface area (Å²) < 4.78 is 40.7. The number of phenols is 1. The fourth-order valence-corrected chi connectivity index (χ4v) is 12.0. The van der Waals surface area contributed by atoms with Gasteiger partial charge in [0.15, 0.2) is 5.82 Å². The van der Waals surface area contributed by atoms with Crippen LogP contribution in [0, 0.1) is 23.0 Å². The molecule has 1 unspecified atom stereocenters. The van der Waals surface area contributed by atoms with E-state index in [1.165, 1.54) is 17.7 Å². The summed E-state index contributed by atoms with van der Waals surface area (Å²) in [6.45, 7) is 11.3. The van der Waals surface area contributed by atoms with E-state index in [9.17, 15) is 14.7 Å². The molecule has 13 nitrogen and oxygen atoms in total. The molecule has 3 aromatic carbocycles. The van der Waals surface area contributed by atoms with E-state index in [1.54, 1.807) is 18.3 Å². The summed E-state index contributed by atoms with van der Waals surface area (Å²) in [6, 6.07) is 13.3. The number of aromatic hydroxyl groups is 1. The molecule has 356 valence electrons. The van der Waals surface area contributed by atoms with Crippen LogP contribution in [-0.4, -0.2) is 110 Å². The van der Waals surface area contributed by atoms with E-state index in [1.807, 2.05) is 18.7 Å². The number of aromatic nitrogens is 5. The second-order valence-corrected chi connectivity index (χ2v) is 20.6. The second kappa shape index (κ2) is 17.9. The molecule has 15 heteroatoms. The van der Waals surface area contributed by atoms with Gasteiger partial charge >= 0.3 is 6.01 Å². The van der Waals surface area contributed by atoms with E-state index in [-0.39, 0.29) is 46.0 Å². The Hall–Kier alpha value is -5.80. The molecule has 4 aliphatic heterocycles. The summed E-state index contributed by atoms with van der Waals surface area (Å²) in [4.78, 5) is 46.3. The van der Waals surface area contributed by atoms with Crippen LogP contribution >= 0.6 is 0 Å². The van der Waals surface area contributed by atoms with Gasteiger partial charge in [-0.1, -0.05) is 32.0 Å². The first-order chi connectivity index (χ1) is 32.9. The molecule has 6 aromatic rings. The molecule has 5 aliphatic rings. The Bertz CT molecular complexity index is 2940. The van der Waals surface area contributed by atoms with Gasteiger partial charge in [0, 0.05) is 61.7 Å². The minimum Gasteiger partial charge on any atom is -0.508 e. The monoisotopic (exact) mass is 925 g/mol. The number of rotatable bonds is 11. The van der Waals surface area contributed by atoms with E-state index in [0.29, 0.717) is 76.9 Å². The first-order valence-corrected chi connectivity index (χ1v) is 24.9. The predicted molar refractivity (Wildman–Crippen MR) is 258 cm³/mol. The molecule has 0 bridgehead atoms. The van der Waals surface area contributed by atoms with Crippen molar-refractivity contribution in [2.45, 2.75) is 102 Å². The highest BCUT2D eigenvalue weighted by molar-refractivity contribution is 6.03. The largest absolute Gasteiger partial charge is 0.508 e. The number of ether oxygens (including phenoxy) is 1. The Morgan fingerprint density at radius 1 is 0.926 bits per heavy atom. The number of phenolic OH excluding ortho intramolecular Hbond substituents is 1. The maximum absolute atomic E-state index is 17.1. The summed E-state index contributed by atoms with van der Waals surface area (Å²) in [5, 5.41) is 20.6. The number of carbonyl (C=O) groups excluding carboxylic acids is 2. The van der Waals surface area contributed by atoms with Gasteiger partial charge in [-0.05, 0) is 148 Å². The SMILES string of the molecule is CCc1c(F)ccc2cc(O)cc(-c3ncc4c(N5CCC[C@H](C)C5)nc(OCC5(CN6CCC(N7CCC(c8ccc9c(C%10CCC(=O)NC%10=O)nn(C)c9c8)CC7)CC6)CC5)nc4c3F)c12. The van der Waals surface area contributed by atoms with Crippen molar-refractivity contribution in [1.29, 1.82) is 0 Å². The van der Waals surface area contributed by atoms with Crippen LogP contribution < -0.4 is 15.0 Å². The summed E-state index contributed by atoms with van der Waals surface area (Å²) in [6.07, 6.45) is 11.5. The average molecular weight is 926 g/mol. The number of carbonyl (C=O) groups is 2. The Balaban J connectivity index is 0.747.